The van der Waals surface area contributed by atoms with Crippen molar-refractivity contribution in [2.24, 2.45) is 31.8 Å². The van der Waals surface area contributed by atoms with Gasteiger partial charge in [0.25, 0.3) is 0 Å². The van der Waals surface area contributed by atoms with Crippen molar-refractivity contribution in [3.63, 3.8) is 0 Å². The summed E-state index contributed by atoms with van der Waals surface area (Å²) >= 11 is 0. The molecule has 0 aliphatic heterocycles. The zero-order chi connectivity index (χ0) is 18.1. The van der Waals surface area contributed by atoms with E-state index in [0.29, 0.717) is 51.4 Å². The number of aliphatic imine (C=N–C) groups is 4. The normalized spacial score (nSPS) is 31.0. The van der Waals surface area contributed by atoms with Gasteiger partial charge in [-0.15, -0.1) is 0 Å². The first-order valence-corrected chi connectivity index (χ1v) is 8.52. The minimum absolute atomic E-state index is 0.0791. The second kappa shape index (κ2) is 9.12. The van der Waals surface area contributed by atoms with Crippen LogP contribution in [0.25, 0.3) is 0 Å². The lowest BCUT2D eigenvalue weighted by atomic mass is 9.68. The van der Waals surface area contributed by atoms with E-state index in [-0.39, 0.29) is 23.9 Å². The molecule has 0 spiro atoms. The van der Waals surface area contributed by atoms with Crippen molar-refractivity contribution < 1.29 is 19.2 Å². The van der Waals surface area contributed by atoms with Crippen LogP contribution < -0.4 is 0 Å². The Kier molecular flexibility index (Phi) is 6.88. The number of carbonyl (C=O) groups excluding carboxylic acids is 4. The van der Waals surface area contributed by atoms with Gasteiger partial charge in [0, 0.05) is 11.8 Å². The van der Waals surface area contributed by atoms with Gasteiger partial charge in [0.05, 0.1) is 12.1 Å². The Morgan fingerprint density at radius 3 is 1.20 bits per heavy atom. The summed E-state index contributed by atoms with van der Waals surface area (Å²) in [5.74, 6) is -0.214. The minimum Gasteiger partial charge on any atom is -0.211 e. The summed E-state index contributed by atoms with van der Waals surface area (Å²) in [6.45, 7) is 0. The van der Waals surface area contributed by atoms with Gasteiger partial charge in [-0.05, 0) is 51.4 Å². The third-order valence-electron chi connectivity index (χ3n) is 5.52. The lowest BCUT2D eigenvalue weighted by Gasteiger charge is -2.42. The van der Waals surface area contributed by atoms with E-state index >= 15 is 0 Å². The van der Waals surface area contributed by atoms with E-state index in [1.165, 1.54) is 0 Å². The second-order valence-electron chi connectivity index (χ2n) is 6.64. The molecule has 0 aromatic heterocycles. The first-order chi connectivity index (χ1) is 12.2. The molecule has 0 N–H and O–H groups in total. The standard InChI is InChI=1S/C17H20N4O4/c22-9-18-15-5-1-13(2-6-15)17(20-11-24,21-12-25)14-3-7-16(8-4-14)19-10-23/h13-16H,1-8H2. The van der Waals surface area contributed by atoms with Crippen LogP contribution in [-0.4, -0.2) is 42.1 Å². The van der Waals surface area contributed by atoms with Crippen molar-refractivity contribution in [2.75, 3.05) is 0 Å². The number of hydrogen-bond donors (Lipinski definition) is 0. The van der Waals surface area contributed by atoms with Gasteiger partial charge in [-0.25, -0.2) is 29.2 Å². The monoisotopic (exact) mass is 344 g/mol. The lowest BCUT2D eigenvalue weighted by Crippen LogP contribution is -2.45. The van der Waals surface area contributed by atoms with E-state index in [9.17, 15) is 19.2 Å². The van der Waals surface area contributed by atoms with Crippen molar-refractivity contribution in [3.05, 3.63) is 0 Å². The number of nitrogens with zero attached hydrogens (tertiary/aromatic N) is 4. The van der Waals surface area contributed by atoms with Gasteiger partial charge in [0.2, 0.25) is 24.3 Å². The first kappa shape index (κ1) is 18.9. The zero-order valence-corrected chi connectivity index (χ0v) is 13.9. The first-order valence-electron chi connectivity index (χ1n) is 8.52. The predicted octanol–water partition coefficient (Wildman–Crippen LogP) is 2.14. The smallest absolute Gasteiger partial charge is 0.211 e. The molecule has 8 heteroatoms. The van der Waals surface area contributed by atoms with E-state index in [1.807, 2.05) is 0 Å². The highest BCUT2D eigenvalue weighted by molar-refractivity contribution is 5.40. The fourth-order valence-corrected chi connectivity index (χ4v) is 4.28. The molecule has 2 saturated carbocycles. The average Bonchev–Trinajstić information content (AvgIpc) is 2.63. The van der Waals surface area contributed by atoms with Crippen molar-refractivity contribution in [3.8, 4) is 0 Å². The third-order valence-corrected chi connectivity index (χ3v) is 5.52. The molecule has 0 amide bonds. The van der Waals surface area contributed by atoms with E-state index in [0.717, 1.165) is 0 Å². The molecule has 0 heterocycles. The van der Waals surface area contributed by atoms with Gasteiger partial charge in [-0.2, -0.15) is 9.98 Å². The Balaban J connectivity index is 2.23. The molecule has 8 nitrogen and oxygen atoms in total. The molecular formula is C17H20N4O4. The summed E-state index contributed by atoms with van der Waals surface area (Å²) in [6.07, 6.45) is 11.6. The van der Waals surface area contributed by atoms with Crippen molar-refractivity contribution in [1.29, 1.82) is 0 Å². The maximum Gasteiger partial charge on any atom is 0.237 e. The van der Waals surface area contributed by atoms with Crippen molar-refractivity contribution >= 4 is 24.3 Å². The largest absolute Gasteiger partial charge is 0.237 e. The molecule has 0 unspecified atom stereocenters. The Labute approximate surface area is 145 Å². The van der Waals surface area contributed by atoms with Gasteiger partial charge in [0.1, 0.15) is 0 Å². The highest BCUT2D eigenvalue weighted by Crippen LogP contribution is 2.46. The Bertz CT molecular complexity index is 594. The van der Waals surface area contributed by atoms with Gasteiger partial charge in [-0.1, -0.05) is 0 Å². The number of rotatable bonds is 6. The summed E-state index contributed by atoms with van der Waals surface area (Å²) in [7, 11) is 0. The quantitative estimate of drug-likeness (QED) is 0.542. The number of isocyanates is 4. The molecular weight excluding hydrogens is 324 g/mol. The summed E-state index contributed by atoms with van der Waals surface area (Å²) in [4.78, 5) is 58.5. The molecule has 2 aliphatic carbocycles. The zero-order valence-electron chi connectivity index (χ0n) is 13.9. The highest BCUT2D eigenvalue weighted by atomic mass is 16.1. The van der Waals surface area contributed by atoms with Crippen LogP contribution in [0.2, 0.25) is 0 Å². The molecule has 0 saturated heterocycles. The molecule has 2 rings (SSSR count). The van der Waals surface area contributed by atoms with E-state index < -0.39 is 5.66 Å². The summed E-state index contributed by atoms with van der Waals surface area (Å²) < 4.78 is 0. The molecule has 2 fully saturated rings. The number of hydrogen-bond acceptors (Lipinski definition) is 8. The fourth-order valence-electron chi connectivity index (χ4n) is 4.28. The van der Waals surface area contributed by atoms with Crippen molar-refractivity contribution in [1.82, 2.24) is 0 Å². The molecule has 0 radical (unpaired) electrons. The van der Waals surface area contributed by atoms with Crippen LogP contribution >= 0.6 is 0 Å². The molecule has 0 bridgehead atoms. The van der Waals surface area contributed by atoms with Crippen LogP contribution in [0.1, 0.15) is 51.4 Å². The van der Waals surface area contributed by atoms with Gasteiger partial charge < -0.3 is 0 Å². The summed E-state index contributed by atoms with van der Waals surface area (Å²) in [5, 5.41) is 0. The fraction of sp³-hybridized carbons (Fsp3) is 0.765. The van der Waals surface area contributed by atoms with Crippen LogP contribution in [-0.2, 0) is 19.2 Å². The molecule has 0 aromatic carbocycles. The molecule has 25 heavy (non-hydrogen) atoms. The minimum atomic E-state index is -1.17. The summed E-state index contributed by atoms with van der Waals surface area (Å²) in [6, 6.07) is -0.158. The Hall–Kier alpha value is -2.48. The van der Waals surface area contributed by atoms with Crippen LogP contribution in [0.3, 0.4) is 0 Å². The van der Waals surface area contributed by atoms with Gasteiger partial charge >= 0.3 is 0 Å². The molecule has 2 aliphatic rings. The topological polar surface area (TPSA) is 118 Å². The van der Waals surface area contributed by atoms with Gasteiger partial charge in [-0.3, -0.25) is 0 Å². The van der Waals surface area contributed by atoms with Crippen LogP contribution in [0.5, 0.6) is 0 Å². The lowest BCUT2D eigenvalue weighted by molar-refractivity contribution is 0.107. The summed E-state index contributed by atoms with van der Waals surface area (Å²) in [5.41, 5.74) is -1.17. The van der Waals surface area contributed by atoms with E-state index in [2.05, 4.69) is 20.0 Å². The van der Waals surface area contributed by atoms with E-state index in [1.54, 1.807) is 24.3 Å². The SMILES string of the molecule is O=C=NC1CCC(C(N=C=O)(N=C=O)C2CCC(N=C=O)CC2)CC1. The average molecular weight is 344 g/mol. The predicted molar refractivity (Wildman–Crippen MR) is 86.7 cm³/mol. The molecule has 0 atom stereocenters. The maximum absolute atomic E-state index is 11.1. The molecule has 132 valence electrons. The van der Waals surface area contributed by atoms with E-state index in [4.69, 9.17) is 0 Å². The second-order valence-corrected chi connectivity index (χ2v) is 6.64. The maximum atomic E-state index is 11.1. The van der Waals surface area contributed by atoms with Crippen LogP contribution in [0.15, 0.2) is 20.0 Å². The highest BCUT2D eigenvalue weighted by Gasteiger charge is 2.48. The van der Waals surface area contributed by atoms with Crippen LogP contribution in [0, 0.1) is 11.8 Å². The van der Waals surface area contributed by atoms with Crippen LogP contribution in [0.4, 0.5) is 0 Å². The molecule has 0 aromatic rings. The van der Waals surface area contributed by atoms with Crippen molar-refractivity contribution in [2.45, 2.75) is 69.1 Å². The Morgan fingerprint density at radius 2 is 0.920 bits per heavy atom. The van der Waals surface area contributed by atoms with Gasteiger partial charge in [0.15, 0.2) is 5.66 Å². The Morgan fingerprint density at radius 1 is 0.560 bits per heavy atom. The third kappa shape index (κ3) is 4.33.